The Morgan fingerprint density at radius 1 is 0.853 bits per heavy atom. The van der Waals surface area contributed by atoms with Gasteiger partial charge in [-0.1, -0.05) is 59.3 Å². The molecule has 0 aliphatic carbocycles. The third-order valence-corrected chi connectivity index (χ3v) is 8.69. The summed E-state index contributed by atoms with van der Waals surface area (Å²) in [6.07, 6.45) is 0. The zero-order valence-corrected chi connectivity index (χ0v) is 20.5. The number of hydrogen-bond donors (Lipinski definition) is 0. The summed E-state index contributed by atoms with van der Waals surface area (Å²) in [4.78, 5) is 22.8. The maximum absolute atomic E-state index is 12.8. The SMILES string of the molecule is O=C(Oc1ccc2nc(N3CCN(c4ccccc4)CC3)sc2c1)c1sc2ccccc2c1Cl. The maximum Gasteiger partial charge on any atom is 0.355 e. The highest BCUT2D eigenvalue weighted by molar-refractivity contribution is 7.22. The number of benzene rings is 3. The molecule has 0 unspecified atom stereocenters. The molecule has 170 valence electrons. The first-order chi connectivity index (χ1) is 16.7. The number of anilines is 2. The van der Waals surface area contributed by atoms with Crippen LogP contribution in [0.25, 0.3) is 20.3 Å². The van der Waals surface area contributed by atoms with E-state index in [1.54, 1.807) is 17.4 Å². The first kappa shape index (κ1) is 21.4. The number of rotatable bonds is 4. The molecule has 1 aliphatic rings. The van der Waals surface area contributed by atoms with Gasteiger partial charge in [0.25, 0.3) is 0 Å². The minimum absolute atomic E-state index is 0.421. The number of thiophene rings is 1. The molecule has 1 saturated heterocycles. The Hall–Kier alpha value is -3.13. The highest BCUT2D eigenvalue weighted by Gasteiger charge is 2.22. The van der Waals surface area contributed by atoms with Gasteiger partial charge in [0, 0.05) is 48.0 Å². The molecule has 5 aromatic rings. The first-order valence-corrected chi connectivity index (χ1v) is 13.0. The van der Waals surface area contributed by atoms with E-state index in [9.17, 15) is 4.79 Å². The summed E-state index contributed by atoms with van der Waals surface area (Å²) in [5.74, 6) is 0.0578. The molecule has 0 N–H and O–H groups in total. The summed E-state index contributed by atoms with van der Waals surface area (Å²) in [5.41, 5.74) is 2.17. The lowest BCUT2D eigenvalue weighted by Gasteiger charge is -2.35. The number of carbonyl (C=O) groups is 1. The number of piperazine rings is 1. The van der Waals surface area contributed by atoms with Crippen molar-refractivity contribution in [3.8, 4) is 5.75 Å². The number of para-hydroxylation sites is 1. The summed E-state index contributed by atoms with van der Waals surface area (Å²) in [6.45, 7) is 3.75. The predicted molar refractivity (Wildman–Crippen MR) is 142 cm³/mol. The van der Waals surface area contributed by atoms with Crippen LogP contribution in [-0.2, 0) is 0 Å². The van der Waals surface area contributed by atoms with E-state index in [2.05, 4.69) is 34.1 Å². The van der Waals surface area contributed by atoms with Crippen LogP contribution in [0.5, 0.6) is 5.75 Å². The second-order valence-electron chi connectivity index (χ2n) is 8.07. The molecular weight excluding hydrogens is 486 g/mol. The van der Waals surface area contributed by atoms with Crippen LogP contribution in [0.2, 0.25) is 5.02 Å². The van der Waals surface area contributed by atoms with E-state index in [4.69, 9.17) is 21.3 Å². The van der Waals surface area contributed by atoms with E-state index in [1.165, 1.54) is 17.0 Å². The van der Waals surface area contributed by atoms with E-state index in [0.29, 0.717) is 15.6 Å². The lowest BCUT2D eigenvalue weighted by atomic mass is 10.2. The number of esters is 1. The molecule has 0 amide bonds. The van der Waals surface area contributed by atoms with Gasteiger partial charge in [0.2, 0.25) is 0 Å². The normalized spacial score (nSPS) is 14.1. The van der Waals surface area contributed by atoms with Crippen molar-refractivity contribution in [2.24, 2.45) is 0 Å². The Kier molecular flexibility index (Phi) is 5.61. The topological polar surface area (TPSA) is 45.7 Å². The van der Waals surface area contributed by atoms with Crippen LogP contribution in [0, 0.1) is 0 Å². The molecule has 0 bridgehead atoms. The Morgan fingerprint density at radius 3 is 2.38 bits per heavy atom. The molecule has 0 saturated carbocycles. The summed E-state index contributed by atoms with van der Waals surface area (Å²) in [6, 6.07) is 23.8. The number of fused-ring (bicyclic) bond motifs is 2. The number of nitrogens with zero attached hydrogens (tertiary/aromatic N) is 3. The van der Waals surface area contributed by atoms with Crippen molar-refractivity contribution in [2.75, 3.05) is 36.0 Å². The van der Waals surface area contributed by atoms with E-state index in [0.717, 1.165) is 51.6 Å². The molecule has 1 aliphatic heterocycles. The smallest absolute Gasteiger partial charge is 0.355 e. The van der Waals surface area contributed by atoms with Crippen LogP contribution < -0.4 is 14.5 Å². The van der Waals surface area contributed by atoms with Crippen molar-refractivity contribution in [1.82, 2.24) is 4.98 Å². The standard InChI is InChI=1S/C26H20ClN3O2S2/c27-23-19-8-4-5-9-21(19)33-24(23)25(31)32-18-10-11-20-22(16-18)34-26(28-20)30-14-12-29(13-15-30)17-6-2-1-3-7-17/h1-11,16H,12-15H2. The van der Waals surface area contributed by atoms with Gasteiger partial charge in [0.15, 0.2) is 5.13 Å². The zero-order chi connectivity index (χ0) is 23.1. The van der Waals surface area contributed by atoms with Gasteiger partial charge in [0.1, 0.15) is 10.6 Å². The van der Waals surface area contributed by atoms with Crippen molar-refractivity contribution < 1.29 is 9.53 Å². The average Bonchev–Trinajstić information content (AvgIpc) is 3.46. The van der Waals surface area contributed by atoms with Crippen LogP contribution in [0.15, 0.2) is 72.8 Å². The molecule has 2 aromatic heterocycles. The van der Waals surface area contributed by atoms with Gasteiger partial charge < -0.3 is 14.5 Å². The van der Waals surface area contributed by atoms with Gasteiger partial charge in [-0.05, 0) is 30.3 Å². The fourth-order valence-corrected chi connectivity index (χ4v) is 6.62. The third kappa shape index (κ3) is 4.00. The molecule has 5 nitrogen and oxygen atoms in total. The molecule has 8 heteroatoms. The fraction of sp³-hybridized carbons (Fsp3) is 0.154. The van der Waals surface area contributed by atoms with Gasteiger partial charge in [-0.3, -0.25) is 0 Å². The van der Waals surface area contributed by atoms with Crippen LogP contribution in [0.1, 0.15) is 9.67 Å². The van der Waals surface area contributed by atoms with Crippen molar-refractivity contribution in [3.05, 3.63) is 82.7 Å². The third-order valence-electron chi connectivity index (χ3n) is 5.95. The van der Waals surface area contributed by atoms with Gasteiger partial charge in [-0.2, -0.15) is 0 Å². The predicted octanol–water partition coefficient (Wildman–Crippen LogP) is 6.71. The Bertz CT molecular complexity index is 1490. The van der Waals surface area contributed by atoms with Crippen LogP contribution in [-0.4, -0.2) is 37.1 Å². The Morgan fingerprint density at radius 2 is 1.59 bits per heavy atom. The molecule has 0 atom stereocenters. The maximum atomic E-state index is 12.8. The lowest BCUT2D eigenvalue weighted by Crippen LogP contribution is -2.46. The number of hydrogen-bond acceptors (Lipinski definition) is 7. The number of halogens is 1. The van der Waals surface area contributed by atoms with E-state index in [-0.39, 0.29) is 0 Å². The minimum atomic E-state index is -0.438. The lowest BCUT2D eigenvalue weighted by molar-refractivity contribution is 0.0740. The van der Waals surface area contributed by atoms with Gasteiger partial charge in [-0.15, -0.1) is 11.3 Å². The number of thiazole rings is 1. The van der Waals surface area contributed by atoms with Crippen molar-refractivity contribution in [1.29, 1.82) is 0 Å². The summed E-state index contributed by atoms with van der Waals surface area (Å²) in [5, 5.41) is 2.32. The molecule has 34 heavy (non-hydrogen) atoms. The molecule has 3 heterocycles. The average molecular weight is 506 g/mol. The molecular formula is C26H20ClN3O2S2. The molecule has 0 spiro atoms. The highest BCUT2D eigenvalue weighted by atomic mass is 35.5. The zero-order valence-electron chi connectivity index (χ0n) is 18.1. The summed E-state index contributed by atoms with van der Waals surface area (Å²) in [7, 11) is 0. The van der Waals surface area contributed by atoms with Crippen LogP contribution in [0.3, 0.4) is 0 Å². The van der Waals surface area contributed by atoms with Gasteiger partial charge >= 0.3 is 5.97 Å². The summed E-state index contributed by atoms with van der Waals surface area (Å²) >= 11 is 9.42. The van der Waals surface area contributed by atoms with Gasteiger partial charge in [-0.25, -0.2) is 9.78 Å². The van der Waals surface area contributed by atoms with E-state index >= 15 is 0 Å². The second kappa shape index (κ2) is 8.91. The molecule has 1 fully saturated rings. The minimum Gasteiger partial charge on any atom is -0.422 e. The first-order valence-electron chi connectivity index (χ1n) is 11.0. The van der Waals surface area contributed by atoms with Crippen molar-refractivity contribution >= 4 is 71.4 Å². The number of ether oxygens (including phenoxy) is 1. The molecule has 0 radical (unpaired) electrons. The fourth-order valence-electron chi connectivity index (χ4n) is 4.18. The quantitative estimate of drug-likeness (QED) is 0.200. The molecule has 6 rings (SSSR count). The molecule has 3 aromatic carbocycles. The van der Waals surface area contributed by atoms with Crippen LogP contribution in [0.4, 0.5) is 10.8 Å². The largest absolute Gasteiger partial charge is 0.422 e. The summed E-state index contributed by atoms with van der Waals surface area (Å²) < 4.78 is 7.64. The van der Waals surface area contributed by atoms with Crippen LogP contribution >= 0.6 is 34.3 Å². The van der Waals surface area contributed by atoms with E-state index < -0.39 is 5.97 Å². The van der Waals surface area contributed by atoms with Gasteiger partial charge in [0.05, 0.1) is 15.2 Å². The van der Waals surface area contributed by atoms with E-state index in [1.807, 2.05) is 42.5 Å². The second-order valence-corrected chi connectivity index (χ2v) is 10.5. The van der Waals surface area contributed by atoms with Crippen molar-refractivity contribution in [2.45, 2.75) is 0 Å². The monoisotopic (exact) mass is 505 g/mol. The number of aromatic nitrogens is 1. The number of carbonyl (C=O) groups excluding carboxylic acids is 1. The van der Waals surface area contributed by atoms with Crippen molar-refractivity contribution in [3.63, 3.8) is 0 Å². The Labute approximate surface area is 209 Å². The highest BCUT2D eigenvalue weighted by Crippen LogP contribution is 2.37. The Balaban J connectivity index is 1.17.